The lowest BCUT2D eigenvalue weighted by Crippen LogP contribution is -2.19. The smallest absolute Gasteiger partial charge is 0.0878 e. The van der Waals surface area contributed by atoms with Crippen LogP contribution >= 0.6 is 11.3 Å². The van der Waals surface area contributed by atoms with Crippen molar-refractivity contribution in [2.75, 3.05) is 6.54 Å². The predicted molar refractivity (Wildman–Crippen MR) is 79.5 cm³/mol. The van der Waals surface area contributed by atoms with E-state index < -0.39 is 6.10 Å². The van der Waals surface area contributed by atoms with Gasteiger partial charge in [-0.2, -0.15) is 0 Å². The largest absolute Gasteiger partial charge is 0.388 e. The van der Waals surface area contributed by atoms with Crippen molar-refractivity contribution >= 4 is 11.3 Å². The highest BCUT2D eigenvalue weighted by Gasteiger charge is 2.23. The van der Waals surface area contributed by atoms with Gasteiger partial charge in [0, 0.05) is 17.3 Å². The summed E-state index contributed by atoms with van der Waals surface area (Å²) in [5.41, 5.74) is 9.71. The molecule has 2 aromatic rings. The fourth-order valence-corrected chi connectivity index (χ4v) is 3.78. The quantitative estimate of drug-likeness (QED) is 0.899. The molecule has 0 radical (unpaired) electrons. The Balaban J connectivity index is 1.88. The monoisotopic (exact) mass is 273 g/mol. The average Bonchev–Trinajstić information content (AvgIpc) is 3.09. The standard InChI is InChI=1S/C16H19NOS/c17-10-14(15-5-2-8-19-15)16(18)13-7-6-11-3-1-4-12(11)9-13/h2,5-9,14,16,18H,1,3-4,10,17H2. The number of aryl methyl sites for hydroxylation is 2. The second kappa shape index (κ2) is 5.45. The van der Waals surface area contributed by atoms with Crippen molar-refractivity contribution in [2.45, 2.75) is 31.3 Å². The van der Waals surface area contributed by atoms with Crippen LogP contribution in [0.4, 0.5) is 0 Å². The minimum atomic E-state index is -0.505. The van der Waals surface area contributed by atoms with Crippen LogP contribution in [0.15, 0.2) is 35.7 Å². The van der Waals surface area contributed by atoms with Crippen LogP contribution in [0, 0.1) is 0 Å². The van der Waals surface area contributed by atoms with Gasteiger partial charge in [-0.25, -0.2) is 0 Å². The zero-order valence-electron chi connectivity index (χ0n) is 10.9. The van der Waals surface area contributed by atoms with Gasteiger partial charge in [0.25, 0.3) is 0 Å². The first-order valence-corrected chi connectivity index (χ1v) is 7.71. The summed E-state index contributed by atoms with van der Waals surface area (Å²) < 4.78 is 0. The van der Waals surface area contributed by atoms with Gasteiger partial charge in [-0.3, -0.25) is 0 Å². The molecule has 1 aliphatic rings. The molecular weight excluding hydrogens is 254 g/mol. The summed E-state index contributed by atoms with van der Waals surface area (Å²) in [7, 11) is 0. The third-order valence-corrected chi connectivity index (χ3v) is 5.01. The number of aliphatic hydroxyl groups is 1. The third kappa shape index (κ3) is 2.46. The molecule has 1 aliphatic carbocycles. The molecule has 1 aromatic carbocycles. The van der Waals surface area contributed by atoms with Crippen LogP contribution in [0.5, 0.6) is 0 Å². The van der Waals surface area contributed by atoms with E-state index in [2.05, 4.69) is 24.3 Å². The van der Waals surface area contributed by atoms with E-state index in [1.54, 1.807) is 11.3 Å². The minimum Gasteiger partial charge on any atom is -0.388 e. The Kier molecular flexibility index (Phi) is 3.69. The van der Waals surface area contributed by atoms with Crippen molar-refractivity contribution in [1.29, 1.82) is 0 Å². The number of hydrogen-bond acceptors (Lipinski definition) is 3. The zero-order valence-corrected chi connectivity index (χ0v) is 11.7. The number of fused-ring (bicyclic) bond motifs is 1. The summed E-state index contributed by atoms with van der Waals surface area (Å²) >= 11 is 1.66. The molecule has 3 heteroatoms. The molecule has 2 nitrogen and oxygen atoms in total. The fraction of sp³-hybridized carbons (Fsp3) is 0.375. The van der Waals surface area contributed by atoms with Crippen molar-refractivity contribution in [3.8, 4) is 0 Å². The van der Waals surface area contributed by atoms with Gasteiger partial charge in [0.05, 0.1) is 6.10 Å². The average molecular weight is 273 g/mol. The molecule has 3 N–H and O–H groups in total. The number of benzene rings is 1. The maximum Gasteiger partial charge on any atom is 0.0878 e. The van der Waals surface area contributed by atoms with Gasteiger partial charge in [0.1, 0.15) is 0 Å². The Bertz CT molecular complexity index is 550. The number of aliphatic hydroxyl groups excluding tert-OH is 1. The highest BCUT2D eigenvalue weighted by molar-refractivity contribution is 7.10. The first kappa shape index (κ1) is 12.9. The van der Waals surface area contributed by atoms with Crippen molar-refractivity contribution in [3.05, 3.63) is 57.3 Å². The maximum atomic E-state index is 10.6. The second-order valence-corrected chi connectivity index (χ2v) is 6.16. The molecule has 0 fully saturated rings. The van der Waals surface area contributed by atoms with Crippen LogP contribution in [0.1, 0.15) is 40.0 Å². The van der Waals surface area contributed by atoms with Crippen molar-refractivity contribution in [3.63, 3.8) is 0 Å². The summed E-state index contributed by atoms with van der Waals surface area (Å²) in [4.78, 5) is 1.16. The lowest BCUT2D eigenvalue weighted by molar-refractivity contribution is 0.148. The topological polar surface area (TPSA) is 46.2 Å². The third-order valence-electron chi connectivity index (χ3n) is 4.01. The Morgan fingerprint density at radius 2 is 2.05 bits per heavy atom. The van der Waals surface area contributed by atoms with Crippen molar-refractivity contribution in [1.82, 2.24) is 0 Å². The first-order valence-electron chi connectivity index (χ1n) is 6.83. The summed E-state index contributed by atoms with van der Waals surface area (Å²) in [5.74, 6) is -0.000506. The van der Waals surface area contributed by atoms with E-state index in [1.807, 2.05) is 11.4 Å². The normalized spacial score (nSPS) is 17.2. The Morgan fingerprint density at radius 1 is 1.21 bits per heavy atom. The molecule has 0 spiro atoms. The van der Waals surface area contributed by atoms with Gasteiger partial charge < -0.3 is 10.8 Å². The van der Waals surface area contributed by atoms with Gasteiger partial charge >= 0.3 is 0 Å². The van der Waals surface area contributed by atoms with E-state index in [9.17, 15) is 5.11 Å². The van der Waals surface area contributed by atoms with E-state index in [1.165, 1.54) is 24.0 Å². The van der Waals surface area contributed by atoms with E-state index in [-0.39, 0.29) is 5.92 Å². The second-order valence-electron chi connectivity index (χ2n) is 5.18. The number of nitrogens with two attached hydrogens (primary N) is 1. The summed E-state index contributed by atoms with van der Waals surface area (Å²) in [6.07, 6.45) is 3.05. The molecular formula is C16H19NOS. The van der Waals surface area contributed by atoms with Crippen molar-refractivity contribution in [2.24, 2.45) is 5.73 Å². The molecule has 100 valence electrons. The molecule has 3 rings (SSSR count). The Hall–Kier alpha value is -1.16. The van der Waals surface area contributed by atoms with E-state index in [0.29, 0.717) is 6.54 Å². The molecule has 0 saturated heterocycles. The SMILES string of the molecule is NCC(c1cccs1)C(O)c1ccc2c(c1)CCC2. The van der Waals surface area contributed by atoms with Gasteiger partial charge in [-0.05, 0) is 47.4 Å². The van der Waals surface area contributed by atoms with Crippen LogP contribution < -0.4 is 5.73 Å². The van der Waals surface area contributed by atoms with E-state index in [0.717, 1.165) is 16.9 Å². The molecule has 0 aliphatic heterocycles. The maximum absolute atomic E-state index is 10.6. The molecule has 2 unspecified atom stereocenters. The molecule has 1 aromatic heterocycles. The molecule has 0 bridgehead atoms. The fourth-order valence-electron chi connectivity index (χ4n) is 2.91. The highest BCUT2D eigenvalue weighted by Crippen LogP contribution is 2.34. The van der Waals surface area contributed by atoms with Crippen LogP contribution in [0.25, 0.3) is 0 Å². The zero-order chi connectivity index (χ0) is 13.2. The van der Waals surface area contributed by atoms with Crippen LogP contribution in [0.2, 0.25) is 0 Å². The lowest BCUT2D eigenvalue weighted by Gasteiger charge is -2.21. The van der Waals surface area contributed by atoms with Crippen molar-refractivity contribution < 1.29 is 5.11 Å². The number of thiophene rings is 1. The van der Waals surface area contributed by atoms with Crippen LogP contribution in [-0.4, -0.2) is 11.7 Å². The highest BCUT2D eigenvalue weighted by atomic mass is 32.1. The molecule has 0 amide bonds. The molecule has 2 atom stereocenters. The number of hydrogen-bond donors (Lipinski definition) is 2. The van der Waals surface area contributed by atoms with E-state index in [4.69, 9.17) is 5.73 Å². The van der Waals surface area contributed by atoms with Gasteiger partial charge in [-0.15, -0.1) is 11.3 Å². The van der Waals surface area contributed by atoms with Gasteiger partial charge in [0.2, 0.25) is 0 Å². The van der Waals surface area contributed by atoms with E-state index >= 15 is 0 Å². The minimum absolute atomic E-state index is 0.000506. The predicted octanol–water partition coefficient (Wildman–Crippen LogP) is 3.01. The Labute approximate surface area is 117 Å². The van der Waals surface area contributed by atoms with Gasteiger partial charge in [-0.1, -0.05) is 24.3 Å². The van der Waals surface area contributed by atoms with Crippen LogP contribution in [-0.2, 0) is 12.8 Å². The summed E-state index contributed by atoms with van der Waals surface area (Å²) in [6.45, 7) is 0.471. The van der Waals surface area contributed by atoms with Gasteiger partial charge in [0.15, 0.2) is 0 Å². The Morgan fingerprint density at radius 3 is 2.79 bits per heavy atom. The number of rotatable bonds is 4. The molecule has 0 saturated carbocycles. The summed E-state index contributed by atoms with van der Waals surface area (Å²) in [6, 6.07) is 10.5. The lowest BCUT2D eigenvalue weighted by atomic mass is 9.92. The van der Waals surface area contributed by atoms with Crippen LogP contribution in [0.3, 0.4) is 0 Å². The first-order chi connectivity index (χ1) is 9.29. The summed E-state index contributed by atoms with van der Waals surface area (Å²) in [5, 5.41) is 12.6. The molecule has 1 heterocycles. The molecule has 19 heavy (non-hydrogen) atoms.